The van der Waals surface area contributed by atoms with Crippen LogP contribution in [0.2, 0.25) is 0 Å². The molecule has 0 amide bonds. The Hall–Kier alpha value is -1.11. The molecule has 2 fully saturated rings. The molecule has 0 spiro atoms. The van der Waals surface area contributed by atoms with Gasteiger partial charge in [-0.2, -0.15) is 4.31 Å². The summed E-state index contributed by atoms with van der Waals surface area (Å²) in [5.74, 6) is 1.10. The first-order chi connectivity index (χ1) is 10.0. The van der Waals surface area contributed by atoms with E-state index in [0.29, 0.717) is 30.7 Å². The van der Waals surface area contributed by atoms with Crippen LogP contribution < -0.4 is 10.5 Å². The van der Waals surface area contributed by atoms with Crippen molar-refractivity contribution in [2.75, 3.05) is 20.2 Å². The molecule has 2 aliphatic rings. The maximum atomic E-state index is 12.9. The third kappa shape index (κ3) is 2.56. The maximum Gasteiger partial charge on any atom is 0.246 e. The summed E-state index contributed by atoms with van der Waals surface area (Å²) in [6.07, 6.45) is 3.19. The second kappa shape index (κ2) is 5.59. The summed E-state index contributed by atoms with van der Waals surface area (Å²) >= 11 is 0. The van der Waals surface area contributed by atoms with Crippen molar-refractivity contribution in [2.24, 2.45) is 17.6 Å². The highest BCUT2D eigenvalue weighted by atomic mass is 32.2. The van der Waals surface area contributed by atoms with Crippen LogP contribution in [0.1, 0.15) is 19.3 Å². The average molecular weight is 310 g/mol. The Morgan fingerprint density at radius 3 is 2.71 bits per heavy atom. The molecule has 0 bridgehead atoms. The zero-order valence-corrected chi connectivity index (χ0v) is 13.1. The zero-order chi connectivity index (χ0) is 15.0. The number of para-hydroxylation sites is 1. The lowest BCUT2D eigenvalue weighted by atomic mass is 9.78. The van der Waals surface area contributed by atoms with E-state index in [-0.39, 0.29) is 10.9 Å². The molecule has 1 aromatic rings. The maximum absolute atomic E-state index is 12.9. The minimum atomic E-state index is -3.51. The lowest BCUT2D eigenvalue weighted by molar-refractivity contribution is 0.260. The molecule has 1 heterocycles. The van der Waals surface area contributed by atoms with Gasteiger partial charge in [0.25, 0.3) is 0 Å². The number of benzene rings is 1. The lowest BCUT2D eigenvalue weighted by Gasteiger charge is -2.29. The first-order valence-electron chi connectivity index (χ1n) is 7.43. The largest absolute Gasteiger partial charge is 0.495 e. The van der Waals surface area contributed by atoms with Crippen LogP contribution in [0.5, 0.6) is 5.75 Å². The number of hydrogen-bond donors (Lipinski definition) is 1. The molecule has 6 heteroatoms. The molecule has 116 valence electrons. The molecular formula is C15H22N2O3S. The number of nitrogens with two attached hydrogens (primary N) is 1. The minimum Gasteiger partial charge on any atom is -0.495 e. The number of methoxy groups -OCH3 is 1. The van der Waals surface area contributed by atoms with Gasteiger partial charge in [0.2, 0.25) is 10.0 Å². The molecular weight excluding hydrogens is 288 g/mol. The molecule has 3 rings (SSSR count). The number of fused-ring (bicyclic) bond motifs is 1. The Bertz CT molecular complexity index is 617. The van der Waals surface area contributed by atoms with Gasteiger partial charge < -0.3 is 10.5 Å². The van der Waals surface area contributed by atoms with Crippen LogP contribution in [0.25, 0.3) is 0 Å². The summed E-state index contributed by atoms with van der Waals surface area (Å²) < 4.78 is 32.5. The Kier molecular flexibility index (Phi) is 3.94. The first kappa shape index (κ1) is 14.8. The van der Waals surface area contributed by atoms with Gasteiger partial charge in [-0.25, -0.2) is 8.42 Å². The molecule has 1 saturated carbocycles. The van der Waals surface area contributed by atoms with Crippen molar-refractivity contribution in [2.45, 2.75) is 30.2 Å². The van der Waals surface area contributed by atoms with E-state index >= 15 is 0 Å². The fraction of sp³-hybridized carbons (Fsp3) is 0.600. The summed E-state index contributed by atoms with van der Waals surface area (Å²) in [5.41, 5.74) is 6.17. The fourth-order valence-electron chi connectivity index (χ4n) is 3.64. The van der Waals surface area contributed by atoms with Crippen molar-refractivity contribution in [3.05, 3.63) is 24.3 Å². The average Bonchev–Trinajstić information content (AvgIpc) is 2.93. The van der Waals surface area contributed by atoms with Crippen LogP contribution in [0, 0.1) is 11.8 Å². The van der Waals surface area contributed by atoms with Crippen LogP contribution in [0.15, 0.2) is 29.2 Å². The van der Waals surface area contributed by atoms with E-state index in [0.717, 1.165) is 19.3 Å². The lowest BCUT2D eigenvalue weighted by Crippen LogP contribution is -2.38. The molecule has 3 unspecified atom stereocenters. The van der Waals surface area contributed by atoms with Gasteiger partial charge in [-0.15, -0.1) is 0 Å². The van der Waals surface area contributed by atoms with E-state index in [2.05, 4.69) is 0 Å². The Morgan fingerprint density at radius 2 is 2.00 bits per heavy atom. The highest BCUT2D eigenvalue weighted by Gasteiger charge is 2.43. The molecule has 1 aliphatic carbocycles. The van der Waals surface area contributed by atoms with Crippen LogP contribution in [0.4, 0.5) is 0 Å². The molecule has 1 aromatic carbocycles. The first-order valence-corrected chi connectivity index (χ1v) is 8.87. The molecule has 0 aromatic heterocycles. The number of hydrogen-bond acceptors (Lipinski definition) is 4. The molecule has 0 radical (unpaired) electrons. The summed E-state index contributed by atoms with van der Waals surface area (Å²) in [6.45, 7) is 1.12. The van der Waals surface area contributed by atoms with E-state index in [1.54, 1.807) is 28.6 Å². The summed E-state index contributed by atoms with van der Waals surface area (Å²) in [7, 11) is -2.02. The quantitative estimate of drug-likeness (QED) is 0.917. The van der Waals surface area contributed by atoms with Gasteiger partial charge in [-0.1, -0.05) is 18.6 Å². The number of sulfonamides is 1. The van der Waals surface area contributed by atoms with E-state index in [9.17, 15) is 8.42 Å². The second-order valence-corrected chi connectivity index (χ2v) is 7.90. The second-order valence-electron chi connectivity index (χ2n) is 5.99. The number of rotatable bonds is 3. The van der Waals surface area contributed by atoms with Gasteiger partial charge in [0.15, 0.2) is 0 Å². The summed E-state index contributed by atoms with van der Waals surface area (Å²) in [5, 5.41) is 0. The van der Waals surface area contributed by atoms with Crippen LogP contribution >= 0.6 is 0 Å². The van der Waals surface area contributed by atoms with Gasteiger partial charge in [-0.05, 0) is 36.8 Å². The van der Waals surface area contributed by atoms with Crippen molar-refractivity contribution >= 4 is 10.0 Å². The van der Waals surface area contributed by atoms with Gasteiger partial charge in [0.05, 0.1) is 7.11 Å². The highest BCUT2D eigenvalue weighted by molar-refractivity contribution is 7.89. The van der Waals surface area contributed by atoms with E-state index < -0.39 is 10.0 Å². The van der Waals surface area contributed by atoms with Gasteiger partial charge >= 0.3 is 0 Å². The molecule has 1 aliphatic heterocycles. The standard InChI is InChI=1S/C15H22N2O3S/c1-20-14-7-2-3-8-15(14)21(18,19)17-9-11-5-4-6-13(16)12(11)10-17/h2-3,7-8,11-13H,4-6,9-10,16H2,1H3. The van der Waals surface area contributed by atoms with Crippen molar-refractivity contribution in [1.82, 2.24) is 4.31 Å². The molecule has 21 heavy (non-hydrogen) atoms. The third-order valence-corrected chi connectivity index (χ3v) is 6.68. The SMILES string of the molecule is COc1ccccc1S(=O)(=O)N1CC2CCCC(N)C2C1. The molecule has 5 nitrogen and oxygen atoms in total. The topological polar surface area (TPSA) is 72.6 Å². The van der Waals surface area contributed by atoms with E-state index in [4.69, 9.17) is 10.5 Å². The molecule has 2 N–H and O–H groups in total. The molecule has 1 saturated heterocycles. The van der Waals surface area contributed by atoms with Crippen LogP contribution in [0.3, 0.4) is 0 Å². The fourth-order valence-corrected chi connectivity index (χ4v) is 5.33. The minimum absolute atomic E-state index is 0.126. The van der Waals surface area contributed by atoms with E-state index in [1.807, 2.05) is 0 Å². The van der Waals surface area contributed by atoms with E-state index in [1.165, 1.54) is 7.11 Å². The third-order valence-electron chi connectivity index (χ3n) is 4.81. The monoisotopic (exact) mass is 310 g/mol. The predicted molar refractivity (Wildman–Crippen MR) is 80.6 cm³/mol. The molecule has 3 atom stereocenters. The van der Waals surface area contributed by atoms with Crippen molar-refractivity contribution in [3.8, 4) is 5.75 Å². The van der Waals surface area contributed by atoms with Crippen molar-refractivity contribution in [1.29, 1.82) is 0 Å². The van der Waals surface area contributed by atoms with Crippen molar-refractivity contribution in [3.63, 3.8) is 0 Å². The van der Waals surface area contributed by atoms with Crippen LogP contribution in [-0.2, 0) is 10.0 Å². The summed E-state index contributed by atoms with van der Waals surface area (Å²) in [4.78, 5) is 0.250. The smallest absolute Gasteiger partial charge is 0.246 e. The Labute approximate surface area is 126 Å². The van der Waals surface area contributed by atoms with Crippen LogP contribution in [-0.4, -0.2) is 39.0 Å². The normalized spacial score (nSPS) is 30.1. The Morgan fingerprint density at radius 1 is 1.24 bits per heavy atom. The predicted octanol–water partition coefficient (Wildman–Crippen LogP) is 1.44. The number of ether oxygens (including phenoxy) is 1. The number of nitrogens with zero attached hydrogens (tertiary/aromatic N) is 1. The Balaban J connectivity index is 1.89. The highest BCUT2D eigenvalue weighted by Crippen LogP contribution is 2.38. The van der Waals surface area contributed by atoms with Gasteiger partial charge in [0.1, 0.15) is 10.6 Å². The van der Waals surface area contributed by atoms with Gasteiger partial charge in [-0.3, -0.25) is 0 Å². The summed E-state index contributed by atoms with van der Waals surface area (Å²) in [6, 6.07) is 6.92. The zero-order valence-electron chi connectivity index (χ0n) is 12.2. The van der Waals surface area contributed by atoms with Crippen molar-refractivity contribution < 1.29 is 13.2 Å². The van der Waals surface area contributed by atoms with Gasteiger partial charge in [0, 0.05) is 19.1 Å².